The van der Waals surface area contributed by atoms with Crippen LogP contribution in [-0.2, 0) is 0 Å². The summed E-state index contributed by atoms with van der Waals surface area (Å²) in [6.45, 7) is 4.96. The van der Waals surface area contributed by atoms with Gasteiger partial charge in [0.05, 0.1) is 11.6 Å². The van der Waals surface area contributed by atoms with Crippen molar-refractivity contribution >= 4 is 23.1 Å². The Morgan fingerprint density at radius 2 is 1.80 bits per heavy atom. The van der Waals surface area contributed by atoms with Gasteiger partial charge in [-0.3, -0.25) is 4.79 Å². The minimum Gasteiger partial charge on any atom is -0.368 e. The lowest BCUT2D eigenvalue weighted by Gasteiger charge is -2.36. The first-order chi connectivity index (χ1) is 14.6. The largest absolute Gasteiger partial charge is 0.368 e. The van der Waals surface area contributed by atoms with E-state index in [4.69, 9.17) is 5.26 Å². The Bertz CT molecular complexity index is 1080. The van der Waals surface area contributed by atoms with E-state index in [9.17, 15) is 4.79 Å². The SMILES string of the molecule is Cc1cccc(N2CCN(C(=O)c3cc(Nc4ccc(C#N)cc4)ncn3)CC2)c1. The summed E-state index contributed by atoms with van der Waals surface area (Å²) in [5.41, 5.74) is 4.17. The normalized spacial score (nSPS) is 13.6. The molecule has 0 unspecified atom stereocenters. The number of nitrogens with one attached hydrogen (secondary N) is 1. The van der Waals surface area contributed by atoms with Crippen molar-refractivity contribution in [3.63, 3.8) is 0 Å². The Morgan fingerprint density at radius 1 is 1.03 bits per heavy atom. The third-order valence-electron chi connectivity index (χ3n) is 5.11. The number of rotatable bonds is 4. The van der Waals surface area contributed by atoms with E-state index in [1.165, 1.54) is 17.6 Å². The van der Waals surface area contributed by atoms with E-state index in [-0.39, 0.29) is 5.91 Å². The smallest absolute Gasteiger partial charge is 0.272 e. The molecule has 0 aliphatic carbocycles. The van der Waals surface area contributed by atoms with Crippen LogP contribution in [0.25, 0.3) is 0 Å². The van der Waals surface area contributed by atoms with Gasteiger partial charge in [-0.15, -0.1) is 0 Å². The number of piperazine rings is 1. The first kappa shape index (κ1) is 19.4. The molecule has 150 valence electrons. The third kappa shape index (κ3) is 4.39. The molecule has 30 heavy (non-hydrogen) atoms. The quantitative estimate of drug-likeness (QED) is 0.725. The lowest BCUT2D eigenvalue weighted by molar-refractivity contribution is 0.0740. The molecule has 7 heteroatoms. The van der Waals surface area contributed by atoms with Crippen LogP contribution in [0.1, 0.15) is 21.6 Å². The van der Waals surface area contributed by atoms with Crippen molar-refractivity contribution in [3.05, 3.63) is 77.7 Å². The Balaban J connectivity index is 1.40. The number of hydrogen-bond donors (Lipinski definition) is 1. The molecule has 1 aliphatic rings. The molecule has 1 amide bonds. The van der Waals surface area contributed by atoms with E-state index in [0.717, 1.165) is 18.8 Å². The first-order valence-corrected chi connectivity index (χ1v) is 9.82. The number of amides is 1. The van der Waals surface area contributed by atoms with Crippen molar-refractivity contribution in [2.24, 2.45) is 0 Å². The second-order valence-corrected chi connectivity index (χ2v) is 7.22. The molecule has 0 saturated carbocycles. The van der Waals surface area contributed by atoms with E-state index < -0.39 is 0 Å². The molecule has 2 aromatic carbocycles. The summed E-state index contributed by atoms with van der Waals surface area (Å²) in [7, 11) is 0. The zero-order chi connectivity index (χ0) is 20.9. The number of nitrogens with zero attached hydrogens (tertiary/aromatic N) is 5. The molecule has 0 radical (unpaired) electrons. The van der Waals surface area contributed by atoms with E-state index in [1.54, 1.807) is 30.3 Å². The highest BCUT2D eigenvalue weighted by molar-refractivity contribution is 5.93. The highest BCUT2D eigenvalue weighted by Crippen LogP contribution is 2.19. The summed E-state index contributed by atoms with van der Waals surface area (Å²) in [6, 6.07) is 19.2. The molecule has 1 aromatic heterocycles. The molecule has 0 spiro atoms. The number of hydrogen-bond acceptors (Lipinski definition) is 6. The number of nitriles is 1. The van der Waals surface area contributed by atoms with E-state index in [2.05, 4.69) is 57.4 Å². The Morgan fingerprint density at radius 3 is 2.50 bits per heavy atom. The average Bonchev–Trinajstić information content (AvgIpc) is 2.79. The minimum atomic E-state index is -0.0934. The van der Waals surface area contributed by atoms with Crippen LogP contribution in [0.2, 0.25) is 0 Å². The first-order valence-electron chi connectivity index (χ1n) is 9.82. The van der Waals surface area contributed by atoms with Crippen LogP contribution in [-0.4, -0.2) is 47.0 Å². The zero-order valence-corrected chi connectivity index (χ0v) is 16.7. The topological polar surface area (TPSA) is 85.1 Å². The summed E-state index contributed by atoms with van der Waals surface area (Å²) < 4.78 is 0. The van der Waals surface area contributed by atoms with Gasteiger partial charge < -0.3 is 15.1 Å². The van der Waals surface area contributed by atoms with E-state index >= 15 is 0 Å². The van der Waals surface area contributed by atoms with Crippen LogP contribution >= 0.6 is 0 Å². The fourth-order valence-electron chi connectivity index (χ4n) is 3.47. The van der Waals surface area contributed by atoms with Gasteiger partial charge in [0.2, 0.25) is 0 Å². The molecule has 1 fully saturated rings. The van der Waals surface area contributed by atoms with Gasteiger partial charge in [-0.25, -0.2) is 9.97 Å². The molecule has 1 aliphatic heterocycles. The summed E-state index contributed by atoms with van der Waals surface area (Å²) in [6.07, 6.45) is 1.39. The number of aryl methyl sites for hydroxylation is 1. The molecule has 7 nitrogen and oxygen atoms in total. The summed E-state index contributed by atoms with van der Waals surface area (Å²) in [5, 5.41) is 12.0. The highest BCUT2D eigenvalue weighted by Gasteiger charge is 2.23. The van der Waals surface area contributed by atoms with Crippen molar-refractivity contribution in [1.29, 1.82) is 5.26 Å². The maximum absolute atomic E-state index is 12.9. The molecule has 1 saturated heterocycles. The highest BCUT2D eigenvalue weighted by atomic mass is 16.2. The summed E-state index contributed by atoms with van der Waals surface area (Å²) >= 11 is 0. The fourth-order valence-corrected chi connectivity index (χ4v) is 3.47. The Hall–Kier alpha value is -3.92. The van der Waals surface area contributed by atoms with Gasteiger partial charge in [0.25, 0.3) is 5.91 Å². The third-order valence-corrected chi connectivity index (χ3v) is 5.11. The van der Waals surface area contributed by atoms with E-state index in [1.807, 2.05) is 4.90 Å². The van der Waals surface area contributed by atoms with Gasteiger partial charge in [-0.05, 0) is 48.9 Å². The van der Waals surface area contributed by atoms with Crippen LogP contribution in [0.4, 0.5) is 17.2 Å². The Labute approximate surface area is 175 Å². The molecule has 0 bridgehead atoms. The lowest BCUT2D eigenvalue weighted by Crippen LogP contribution is -2.49. The van der Waals surface area contributed by atoms with Crippen LogP contribution in [0.15, 0.2) is 60.9 Å². The van der Waals surface area contributed by atoms with Gasteiger partial charge in [0.1, 0.15) is 17.8 Å². The number of carbonyl (C=O) groups is 1. The van der Waals surface area contributed by atoms with Gasteiger partial charge >= 0.3 is 0 Å². The van der Waals surface area contributed by atoms with E-state index in [0.29, 0.717) is 30.2 Å². The molecule has 3 aromatic rings. The van der Waals surface area contributed by atoms with Gasteiger partial charge in [-0.1, -0.05) is 12.1 Å². The van der Waals surface area contributed by atoms with Crippen LogP contribution in [0.5, 0.6) is 0 Å². The van der Waals surface area contributed by atoms with Crippen molar-refractivity contribution in [1.82, 2.24) is 14.9 Å². The minimum absolute atomic E-state index is 0.0934. The second-order valence-electron chi connectivity index (χ2n) is 7.22. The molecule has 4 rings (SSSR count). The molecular weight excluding hydrogens is 376 g/mol. The van der Waals surface area contributed by atoms with Crippen molar-refractivity contribution in [3.8, 4) is 6.07 Å². The monoisotopic (exact) mass is 398 g/mol. The van der Waals surface area contributed by atoms with Crippen molar-refractivity contribution < 1.29 is 4.79 Å². The van der Waals surface area contributed by atoms with Crippen LogP contribution < -0.4 is 10.2 Å². The van der Waals surface area contributed by atoms with Gasteiger partial charge in [0, 0.05) is 43.6 Å². The van der Waals surface area contributed by atoms with Crippen LogP contribution in [0.3, 0.4) is 0 Å². The Kier molecular flexibility index (Phi) is 5.57. The maximum atomic E-state index is 12.9. The molecule has 1 N–H and O–H groups in total. The van der Waals surface area contributed by atoms with Gasteiger partial charge in [0.15, 0.2) is 0 Å². The number of benzene rings is 2. The average molecular weight is 398 g/mol. The lowest BCUT2D eigenvalue weighted by atomic mass is 10.2. The second kappa shape index (κ2) is 8.62. The standard InChI is InChI=1S/C23H22N6O/c1-17-3-2-4-20(13-17)28-9-11-29(12-10-28)23(30)21-14-22(26-16-25-21)27-19-7-5-18(15-24)6-8-19/h2-8,13-14,16H,9-12H2,1H3,(H,25,26,27). The van der Waals surface area contributed by atoms with Crippen LogP contribution in [0, 0.1) is 18.3 Å². The maximum Gasteiger partial charge on any atom is 0.272 e. The molecule has 0 atom stereocenters. The molecular formula is C23H22N6O. The zero-order valence-electron chi connectivity index (χ0n) is 16.7. The van der Waals surface area contributed by atoms with Crippen molar-refractivity contribution in [2.75, 3.05) is 36.4 Å². The predicted molar refractivity (Wildman–Crippen MR) is 116 cm³/mol. The number of anilines is 3. The van der Waals surface area contributed by atoms with Crippen molar-refractivity contribution in [2.45, 2.75) is 6.92 Å². The fraction of sp³-hybridized carbons (Fsp3) is 0.217. The molecule has 2 heterocycles. The summed E-state index contributed by atoms with van der Waals surface area (Å²) in [5.74, 6) is 0.445. The van der Waals surface area contributed by atoms with Gasteiger partial charge in [-0.2, -0.15) is 5.26 Å². The number of carbonyl (C=O) groups excluding carboxylic acids is 1. The number of aromatic nitrogens is 2. The predicted octanol–water partition coefficient (Wildman–Crippen LogP) is 3.36. The summed E-state index contributed by atoms with van der Waals surface area (Å²) in [4.78, 5) is 25.4.